The van der Waals surface area contributed by atoms with E-state index in [0.29, 0.717) is 5.92 Å². The largest absolute Gasteiger partial charge is 0.497 e. The van der Waals surface area contributed by atoms with Gasteiger partial charge in [-0.25, -0.2) is 0 Å². The van der Waals surface area contributed by atoms with Crippen LogP contribution >= 0.6 is 12.2 Å². The van der Waals surface area contributed by atoms with E-state index >= 15 is 0 Å². The number of hydrogen-bond donors (Lipinski definition) is 1. The van der Waals surface area contributed by atoms with Crippen LogP contribution < -0.4 is 4.74 Å². The maximum absolute atomic E-state index is 5.37. The van der Waals surface area contributed by atoms with E-state index in [2.05, 4.69) is 23.4 Å². The van der Waals surface area contributed by atoms with Crippen LogP contribution in [0.2, 0.25) is 0 Å². The smallest absolute Gasteiger partial charge is 0.178 e. The van der Waals surface area contributed by atoms with E-state index in [1.165, 1.54) is 0 Å². The first kappa shape index (κ1) is 12.2. The SMILES string of the molecule is CCC(C)Cn1c(=S)[nH]c2ccc(OC)cc21. The highest BCUT2D eigenvalue weighted by Crippen LogP contribution is 2.22. The average Bonchev–Trinajstić information content (AvgIpc) is 2.65. The fourth-order valence-corrected chi connectivity index (χ4v) is 2.16. The second kappa shape index (κ2) is 4.92. The summed E-state index contributed by atoms with van der Waals surface area (Å²) in [5, 5.41) is 0. The van der Waals surface area contributed by atoms with Gasteiger partial charge in [-0.3, -0.25) is 0 Å². The molecule has 0 aliphatic heterocycles. The number of H-pyrrole nitrogens is 1. The van der Waals surface area contributed by atoms with Crippen LogP contribution in [-0.2, 0) is 6.54 Å². The molecule has 17 heavy (non-hydrogen) atoms. The Balaban J connectivity index is 2.52. The van der Waals surface area contributed by atoms with Crippen LogP contribution in [0.4, 0.5) is 0 Å². The third-order valence-electron chi connectivity index (χ3n) is 3.17. The van der Waals surface area contributed by atoms with E-state index in [1.54, 1.807) is 7.11 Å². The molecule has 1 heterocycles. The molecule has 2 aromatic rings. The van der Waals surface area contributed by atoms with Crippen LogP contribution in [0.25, 0.3) is 11.0 Å². The molecule has 1 aromatic carbocycles. The fraction of sp³-hybridized carbons (Fsp3) is 0.462. The molecule has 0 spiro atoms. The Hall–Kier alpha value is -1.29. The molecule has 1 atom stereocenters. The van der Waals surface area contributed by atoms with Gasteiger partial charge in [0.05, 0.1) is 18.1 Å². The molecule has 3 nitrogen and oxygen atoms in total. The fourth-order valence-electron chi connectivity index (χ4n) is 1.88. The van der Waals surface area contributed by atoms with Crippen molar-refractivity contribution in [3.63, 3.8) is 0 Å². The maximum Gasteiger partial charge on any atom is 0.178 e. The monoisotopic (exact) mass is 250 g/mol. The number of nitrogens with one attached hydrogen (secondary N) is 1. The van der Waals surface area contributed by atoms with E-state index in [4.69, 9.17) is 17.0 Å². The molecule has 1 unspecified atom stereocenters. The number of aromatic nitrogens is 2. The highest BCUT2D eigenvalue weighted by Gasteiger charge is 2.08. The Bertz CT molecular complexity index is 570. The van der Waals surface area contributed by atoms with E-state index in [1.807, 2.05) is 18.2 Å². The van der Waals surface area contributed by atoms with Gasteiger partial charge in [0.25, 0.3) is 0 Å². The molecular formula is C13H18N2OS. The van der Waals surface area contributed by atoms with Crippen molar-refractivity contribution in [3.05, 3.63) is 23.0 Å². The lowest BCUT2D eigenvalue weighted by Crippen LogP contribution is -2.06. The van der Waals surface area contributed by atoms with Crippen molar-refractivity contribution in [2.24, 2.45) is 5.92 Å². The van der Waals surface area contributed by atoms with Crippen molar-refractivity contribution in [1.82, 2.24) is 9.55 Å². The first-order chi connectivity index (χ1) is 8.15. The number of benzene rings is 1. The van der Waals surface area contributed by atoms with Gasteiger partial charge in [-0.1, -0.05) is 20.3 Å². The molecule has 0 amide bonds. The number of imidazole rings is 1. The van der Waals surface area contributed by atoms with Crippen LogP contribution in [0, 0.1) is 10.7 Å². The van der Waals surface area contributed by atoms with Gasteiger partial charge in [-0.15, -0.1) is 0 Å². The normalized spacial score (nSPS) is 12.9. The minimum absolute atomic E-state index is 0.618. The molecule has 0 fully saturated rings. The quantitative estimate of drug-likeness (QED) is 0.837. The van der Waals surface area contributed by atoms with E-state index < -0.39 is 0 Å². The second-order valence-electron chi connectivity index (χ2n) is 4.44. The van der Waals surface area contributed by atoms with Crippen LogP contribution in [0.15, 0.2) is 18.2 Å². The zero-order valence-electron chi connectivity index (χ0n) is 10.5. The Morgan fingerprint density at radius 3 is 2.88 bits per heavy atom. The third-order valence-corrected chi connectivity index (χ3v) is 3.50. The number of ether oxygens (including phenoxy) is 1. The van der Waals surface area contributed by atoms with Gasteiger partial charge in [-0.2, -0.15) is 0 Å². The van der Waals surface area contributed by atoms with E-state index in [0.717, 1.165) is 34.5 Å². The summed E-state index contributed by atoms with van der Waals surface area (Å²) in [7, 11) is 1.68. The van der Waals surface area contributed by atoms with Crippen molar-refractivity contribution >= 4 is 23.3 Å². The van der Waals surface area contributed by atoms with Crippen LogP contribution in [0.3, 0.4) is 0 Å². The Kier molecular flexibility index (Phi) is 3.52. The van der Waals surface area contributed by atoms with Crippen LogP contribution in [-0.4, -0.2) is 16.7 Å². The zero-order valence-corrected chi connectivity index (χ0v) is 11.3. The van der Waals surface area contributed by atoms with Crippen molar-refractivity contribution in [2.75, 3.05) is 7.11 Å². The molecule has 0 bridgehead atoms. The summed E-state index contributed by atoms with van der Waals surface area (Å²) in [4.78, 5) is 3.23. The van der Waals surface area contributed by atoms with Gasteiger partial charge in [0.2, 0.25) is 0 Å². The maximum atomic E-state index is 5.37. The predicted octanol–water partition coefficient (Wildman–Crippen LogP) is 3.75. The summed E-state index contributed by atoms with van der Waals surface area (Å²) in [5.74, 6) is 1.48. The summed E-state index contributed by atoms with van der Waals surface area (Å²) in [5.41, 5.74) is 2.19. The number of methoxy groups -OCH3 is 1. The van der Waals surface area contributed by atoms with Gasteiger partial charge in [-0.05, 0) is 30.3 Å². The molecule has 1 N–H and O–H groups in total. The van der Waals surface area contributed by atoms with Crippen LogP contribution in [0.5, 0.6) is 5.75 Å². The van der Waals surface area contributed by atoms with Gasteiger partial charge < -0.3 is 14.3 Å². The third kappa shape index (κ3) is 2.36. The Labute approximate surface area is 106 Å². The Morgan fingerprint density at radius 2 is 2.24 bits per heavy atom. The summed E-state index contributed by atoms with van der Waals surface area (Å²) >= 11 is 5.37. The zero-order chi connectivity index (χ0) is 12.4. The summed E-state index contributed by atoms with van der Waals surface area (Å²) in [6.45, 7) is 5.38. The summed E-state index contributed by atoms with van der Waals surface area (Å²) in [6.07, 6.45) is 1.15. The van der Waals surface area contributed by atoms with E-state index in [-0.39, 0.29) is 0 Å². The molecule has 0 saturated carbocycles. The van der Waals surface area contributed by atoms with Crippen LogP contribution in [0.1, 0.15) is 20.3 Å². The topological polar surface area (TPSA) is 29.9 Å². The molecule has 0 radical (unpaired) electrons. The van der Waals surface area contributed by atoms with Crippen molar-refractivity contribution in [2.45, 2.75) is 26.8 Å². The standard InChI is InChI=1S/C13H18N2OS/c1-4-9(2)8-15-12-7-10(16-3)5-6-11(12)14-13(15)17/h5-7,9H,4,8H2,1-3H3,(H,14,17). The number of hydrogen-bond acceptors (Lipinski definition) is 2. The highest BCUT2D eigenvalue weighted by atomic mass is 32.1. The van der Waals surface area contributed by atoms with Crippen molar-refractivity contribution in [3.8, 4) is 5.75 Å². The minimum Gasteiger partial charge on any atom is -0.497 e. The summed E-state index contributed by atoms with van der Waals surface area (Å²) in [6, 6.07) is 5.99. The molecule has 92 valence electrons. The minimum atomic E-state index is 0.618. The lowest BCUT2D eigenvalue weighted by molar-refractivity contribution is 0.415. The number of nitrogens with zero attached hydrogens (tertiary/aromatic N) is 1. The molecule has 1 aromatic heterocycles. The molecule has 0 aliphatic rings. The molecule has 0 saturated heterocycles. The molecule has 2 rings (SSSR count). The Morgan fingerprint density at radius 1 is 1.47 bits per heavy atom. The number of rotatable bonds is 4. The molecular weight excluding hydrogens is 232 g/mol. The number of fused-ring (bicyclic) bond motifs is 1. The lowest BCUT2D eigenvalue weighted by Gasteiger charge is -2.10. The van der Waals surface area contributed by atoms with Crippen molar-refractivity contribution in [1.29, 1.82) is 0 Å². The van der Waals surface area contributed by atoms with Gasteiger partial charge >= 0.3 is 0 Å². The summed E-state index contributed by atoms with van der Waals surface area (Å²) < 4.78 is 8.20. The van der Waals surface area contributed by atoms with Gasteiger partial charge in [0.1, 0.15) is 5.75 Å². The predicted molar refractivity (Wildman–Crippen MR) is 73.1 cm³/mol. The molecule has 4 heteroatoms. The molecule has 0 aliphatic carbocycles. The lowest BCUT2D eigenvalue weighted by atomic mass is 10.1. The first-order valence-electron chi connectivity index (χ1n) is 5.92. The average molecular weight is 250 g/mol. The van der Waals surface area contributed by atoms with Gasteiger partial charge in [0.15, 0.2) is 4.77 Å². The van der Waals surface area contributed by atoms with E-state index in [9.17, 15) is 0 Å². The number of aromatic amines is 1. The van der Waals surface area contributed by atoms with Gasteiger partial charge in [0, 0.05) is 12.6 Å². The second-order valence-corrected chi connectivity index (χ2v) is 4.82. The first-order valence-corrected chi connectivity index (χ1v) is 6.33. The van der Waals surface area contributed by atoms with Crippen molar-refractivity contribution < 1.29 is 4.74 Å². The highest BCUT2D eigenvalue weighted by molar-refractivity contribution is 7.71.